The van der Waals surface area contributed by atoms with Gasteiger partial charge in [0.1, 0.15) is 6.54 Å². The van der Waals surface area contributed by atoms with Gasteiger partial charge in [0.25, 0.3) is 16.8 Å². The van der Waals surface area contributed by atoms with Gasteiger partial charge in [0.05, 0.1) is 16.4 Å². The van der Waals surface area contributed by atoms with Gasteiger partial charge in [-0.25, -0.2) is 0 Å². The number of aromatic nitrogens is 1. The number of nitrogens with zero attached hydrogens (tertiary/aromatic N) is 3. The van der Waals surface area contributed by atoms with Crippen LogP contribution in [0.2, 0.25) is 0 Å². The summed E-state index contributed by atoms with van der Waals surface area (Å²) in [6.45, 7) is -0.0698. The molecule has 3 amide bonds. The number of carbonyl (C=O) groups is 3. The maximum absolute atomic E-state index is 13.2. The Morgan fingerprint density at radius 2 is 1.82 bits per heavy atom. The van der Waals surface area contributed by atoms with Crippen LogP contribution in [-0.2, 0) is 22.7 Å². The number of nitro groups is 1. The van der Waals surface area contributed by atoms with Crippen molar-refractivity contribution in [2.75, 3.05) is 12.1 Å². The van der Waals surface area contributed by atoms with Gasteiger partial charge >= 0.3 is 0 Å². The maximum Gasteiger partial charge on any atom is 0.293 e. The Labute approximate surface area is 231 Å². The number of nitro benzene ring substituents is 1. The number of ether oxygens (including phenoxy) is 2. The standard InChI is InChI=1S/C28H20N4O7S/c33-26(29-19-9-10-23-24(12-19)39-16-38-23)15-30-13-18(20-6-2-4-8-22(20)30)11-25-27(34)31(28(35)40-25)14-17-5-1-3-7-21(17)32(36)37/h1-13H,14-16H2,(H,29,33)/b25-11-. The van der Waals surface area contributed by atoms with Crippen molar-refractivity contribution in [1.29, 1.82) is 0 Å². The number of amides is 3. The van der Waals surface area contributed by atoms with E-state index >= 15 is 0 Å². The molecule has 2 aliphatic rings. The van der Waals surface area contributed by atoms with E-state index in [0.29, 0.717) is 22.7 Å². The van der Waals surface area contributed by atoms with Crippen LogP contribution in [0.4, 0.5) is 16.2 Å². The molecule has 0 radical (unpaired) electrons. The summed E-state index contributed by atoms with van der Waals surface area (Å²) in [6, 6.07) is 18.6. The number of anilines is 1. The van der Waals surface area contributed by atoms with E-state index in [1.165, 1.54) is 18.2 Å². The number of para-hydroxylation sites is 2. The third-order valence-corrected chi connectivity index (χ3v) is 7.37. The molecule has 0 atom stereocenters. The third kappa shape index (κ3) is 4.76. The van der Waals surface area contributed by atoms with Crippen molar-refractivity contribution in [2.24, 2.45) is 0 Å². The van der Waals surface area contributed by atoms with Gasteiger partial charge in [0, 0.05) is 46.0 Å². The molecule has 0 bridgehead atoms. The van der Waals surface area contributed by atoms with Crippen molar-refractivity contribution in [2.45, 2.75) is 13.1 Å². The van der Waals surface area contributed by atoms with Crippen LogP contribution in [0.1, 0.15) is 11.1 Å². The smallest absolute Gasteiger partial charge is 0.293 e. The van der Waals surface area contributed by atoms with E-state index in [4.69, 9.17) is 9.47 Å². The predicted molar refractivity (Wildman–Crippen MR) is 148 cm³/mol. The molecule has 2 aliphatic heterocycles. The van der Waals surface area contributed by atoms with Gasteiger partial charge in [-0.05, 0) is 36.0 Å². The summed E-state index contributed by atoms with van der Waals surface area (Å²) >= 11 is 0.771. The summed E-state index contributed by atoms with van der Waals surface area (Å²) in [7, 11) is 0. The monoisotopic (exact) mass is 556 g/mol. The molecule has 1 N–H and O–H groups in total. The highest BCUT2D eigenvalue weighted by atomic mass is 32.2. The van der Waals surface area contributed by atoms with Crippen molar-refractivity contribution in [3.8, 4) is 11.5 Å². The van der Waals surface area contributed by atoms with Gasteiger partial charge in [-0.1, -0.05) is 36.4 Å². The van der Waals surface area contributed by atoms with Crippen molar-refractivity contribution in [3.63, 3.8) is 0 Å². The zero-order chi connectivity index (χ0) is 27.8. The highest BCUT2D eigenvalue weighted by molar-refractivity contribution is 8.18. The third-order valence-electron chi connectivity index (χ3n) is 6.47. The van der Waals surface area contributed by atoms with E-state index in [1.807, 2.05) is 24.3 Å². The Balaban J connectivity index is 1.24. The highest BCUT2D eigenvalue weighted by Crippen LogP contribution is 2.36. The summed E-state index contributed by atoms with van der Waals surface area (Å²) in [5.41, 5.74) is 2.10. The molecule has 3 aromatic carbocycles. The Bertz CT molecular complexity index is 1750. The van der Waals surface area contributed by atoms with Crippen LogP contribution in [-0.4, -0.2) is 38.2 Å². The Morgan fingerprint density at radius 3 is 2.67 bits per heavy atom. The van der Waals surface area contributed by atoms with Crippen LogP contribution in [0.3, 0.4) is 0 Å². The first-order chi connectivity index (χ1) is 19.4. The van der Waals surface area contributed by atoms with Crippen molar-refractivity contribution < 1.29 is 28.8 Å². The SMILES string of the molecule is O=C(Cn1cc(/C=C2\SC(=O)N(Cc3ccccc3[N+](=O)[O-])C2=O)c2ccccc21)Nc1ccc2c(c1)OCO2. The molecule has 0 saturated carbocycles. The number of carbonyl (C=O) groups excluding carboxylic acids is 3. The average Bonchev–Trinajstić information content (AvgIpc) is 3.62. The first kappa shape index (κ1) is 25.2. The zero-order valence-corrected chi connectivity index (χ0v) is 21.6. The zero-order valence-electron chi connectivity index (χ0n) is 20.7. The Kier molecular flexibility index (Phi) is 6.44. The fraction of sp³-hybridized carbons (Fsp3) is 0.107. The van der Waals surface area contributed by atoms with Crippen LogP contribution in [0.25, 0.3) is 17.0 Å². The second-order valence-electron chi connectivity index (χ2n) is 9.00. The van der Waals surface area contributed by atoms with Crippen molar-refractivity contribution in [3.05, 3.63) is 99.1 Å². The summed E-state index contributed by atoms with van der Waals surface area (Å²) in [4.78, 5) is 50.8. The van der Waals surface area contributed by atoms with Crippen LogP contribution in [0.15, 0.2) is 77.8 Å². The molecule has 0 unspecified atom stereocenters. The largest absolute Gasteiger partial charge is 0.454 e. The molecule has 6 rings (SSSR count). The summed E-state index contributed by atoms with van der Waals surface area (Å²) in [5.74, 6) is 0.370. The minimum absolute atomic E-state index is 0.00193. The first-order valence-electron chi connectivity index (χ1n) is 12.1. The molecule has 3 heterocycles. The first-order valence-corrected chi connectivity index (χ1v) is 12.9. The van der Waals surface area contributed by atoms with E-state index in [-0.39, 0.29) is 41.9 Å². The van der Waals surface area contributed by atoms with Crippen molar-refractivity contribution >= 4 is 57.2 Å². The maximum atomic E-state index is 13.2. The Hall–Kier alpha value is -5.10. The van der Waals surface area contributed by atoms with Crippen LogP contribution >= 0.6 is 11.8 Å². The molecule has 0 spiro atoms. The molecule has 12 heteroatoms. The highest BCUT2D eigenvalue weighted by Gasteiger charge is 2.36. The van der Waals surface area contributed by atoms with Gasteiger partial charge in [-0.3, -0.25) is 29.4 Å². The number of hydrogen-bond acceptors (Lipinski definition) is 8. The van der Waals surface area contributed by atoms with E-state index in [2.05, 4.69) is 5.32 Å². The second-order valence-corrected chi connectivity index (χ2v) is 9.99. The molecule has 1 aromatic heterocycles. The van der Waals surface area contributed by atoms with Gasteiger partial charge in [0.2, 0.25) is 12.7 Å². The van der Waals surface area contributed by atoms with Crippen LogP contribution in [0, 0.1) is 10.1 Å². The molecule has 1 saturated heterocycles. The molecule has 200 valence electrons. The minimum Gasteiger partial charge on any atom is -0.454 e. The number of benzene rings is 3. The quantitative estimate of drug-likeness (QED) is 0.188. The molecule has 1 fully saturated rings. The second kappa shape index (κ2) is 10.2. The fourth-order valence-electron chi connectivity index (χ4n) is 4.62. The molecular weight excluding hydrogens is 536 g/mol. The molecular formula is C28H20N4O7S. The lowest BCUT2D eigenvalue weighted by molar-refractivity contribution is -0.385. The number of hydrogen-bond donors (Lipinski definition) is 1. The van der Waals surface area contributed by atoms with Gasteiger partial charge in [-0.15, -0.1) is 0 Å². The number of fused-ring (bicyclic) bond motifs is 2. The average molecular weight is 557 g/mol. The van der Waals surface area contributed by atoms with Crippen molar-refractivity contribution in [1.82, 2.24) is 9.47 Å². The lowest BCUT2D eigenvalue weighted by Crippen LogP contribution is -2.27. The summed E-state index contributed by atoms with van der Waals surface area (Å²) in [5, 5.41) is 14.5. The number of nitrogens with one attached hydrogen (secondary N) is 1. The van der Waals surface area contributed by atoms with E-state index in [0.717, 1.165) is 27.6 Å². The van der Waals surface area contributed by atoms with Gasteiger partial charge in [-0.2, -0.15) is 0 Å². The Morgan fingerprint density at radius 1 is 1.05 bits per heavy atom. The molecule has 4 aromatic rings. The lowest BCUT2D eigenvalue weighted by Gasteiger charge is -2.12. The predicted octanol–water partition coefficient (Wildman–Crippen LogP) is 5.15. The lowest BCUT2D eigenvalue weighted by atomic mass is 10.1. The van der Waals surface area contributed by atoms with Crippen LogP contribution in [0.5, 0.6) is 11.5 Å². The number of rotatable bonds is 7. The van der Waals surface area contributed by atoms with E-state index in [1.54, 1.807) is 41.1 Å². The van der Waals surface area contributed by atoms with E-state index < -0.39 is 16.1 Å². The number of imide groups is 1. The summed E-state index contributed by atoms with van der Waals surface area (Å²) < 4.78 is 12.4. The summed E-state index contributed by atoms with van der Waals surface area (Å²) in [6.07, 6.45) is 3.36. The van der Waals surface area contributed by atoms with Crippen LogP contribution < -0.4 is 14.8 Å². The fourth-order valence-corrected chi connectivity index (χ4v) is 5.45. The van der Waals surface area contributed by atoms with E-state index in [9.17, 15) is 24.5 Å². The molecule has 40 heavy (non-hydrogen) atoms. The topological polar surface area (TPSA) is 133 Å². The van der Waals surface area contributed by atoms with Gasteiger partial charge < -0.3 is 19.4 Å². The molecule has 0 aliphatic carbocycles. The number of thioether (sulfide) groups is 1. The van der Waals surface area contributed by atoms with Gasteiger partial charge in [0.15, 0.2) is 11.5 Å². The normalized spacial score (nSPS) is 15.3. The molecule has 11 nitrogen and oxygen atoms in total. The minimum atomic E-state index is -0.540.